The van der Waals surface area contributed by atoms with Gasteiger partial charge in [0.25, 0.3) is 0 Å². The SMILES string of the molecule is Cc1ccc(N2C[C@H](C(=O)Nc3ccc(S(=O)(=O)N4CCCCCC4)cc3)CC2=O)cc1. The Labute approximate surface area is 189 Å². The fourth-order valence-corrected chi connectivity index (χ4v) is 5.76. The molecule has 2 saturated heterocycles. The van der Waals surface area contributed by atoms with E-state index in [1.165, 1.54) is 12.1 Å². The van der Waals surface area contributed by atoms with Crippen LogP contribution in [0.2, 0.25) is 0 Å². The maximum Gasteiger partial charge on any atom is 0.243 e. The second-order valence-electron chi connectivity index (χ2n) is 8.57. The van der Waals surface area contributed by atoms with E-state index in [0.717, 1.165) is 36.9 Å². The van der Waals surface area contributed by atoms with Crippen molar-refractivity contribution >= 4 is 33.2 Å². The van der Waals surface area contributed by atoms with Crippen molar-refractivity contribution in [2.45, 2.75) is 43.9 Å². The molecule has 1 atom stereocenters. The van der Waals surface area contributed by atoms with Crippen LogP contribution >= 0.6 is 0 Å². The Hall–Kier alpha value is -2.71. The number of rotatable bonds is 5. The van der Waals surface area contributed by atoms with Gasteiger partial charge in [-0.25, -0.2) is 8.42 Å². The molecular weight excluding hydrogens is 426 g/mol. The summed E-state index contributed by atoms with van der Waals surface area (Å²) in [6.07, 6.45) is 4.03. The summed E-state index contributed by atoms with van der Waals surface area (Å²) in [4.78, 5) is 27.0. The van der Waals surface area contributed by atoms with Crippen LogP contribution < -0.4 is 10.2 Å². The molecule has 0 aromatic heterocycles. The number of hydrogen-bond donors (Lipinski definition) is 1. The molecule has 2 heterocycles. The first kappa shape index (κ1) is 22.5. The minimum Gasteiger partial charge on any atom is -0.326 e. The number of carbonyl (C=O) groups excluding carboxylic acids is 2. The highest BCUT2D eigenvalue weighted by atomic mass is 32.2. The first-order chi connectivity index (χ1) is 15.3. The minimum absolute atomic E-state index is 0.0760. The van der Waals surface area contributed by atoms with Gasteiger partial charge in [0.15, 0.2) is 0 Å². The van der Waals surface area contributed by atoms with E-state index in [0.29, 0.717) is 25.3 Å². The van der Waals surface area contributed by atoms with Gasteiger partial charge in [0, 0.05) is 37.4 Å². The van der Waals surface area contributed by atoms with Crippen molar-refractivity contribution in [3.05, 3.63) is 54.1 Å². The van der Waals surface area contributed by atoms with Gasteiger partial charge in [-0.1, -0.05) is 30.5 Å². The zero-order valence-electron chi connectivity index (χ0n) is 18.3. The number of sulfonamides is 1. The zero-order valence-corrected chi connectivity index (χ0v) is 19.1. The molecular formula is C24H29N3O4S. The molecule has 2 fully saturated rings. The molecule has 0 saturated carbocycles. The monoisotopic (exact) mass is 455 g/mol. The molecule has 32 heavy (non-hydrogen) atoms. The maximum atomic E-state index is 12.9. The lowest BCUT2D eigenvalue weighted by molar-refractivity contribution is -0.122. The van der Waals surface area contributed by atoms with Crippen molar-refractivity contribution in [3.63, 3.8) is 0 Å². The first-order valence-electron chi connectivity index (χ1n) is 11.1. The standard InChI is InChI=1S/C24H29N3O4S/c1-18-6-10-21(11-7-18)27-17-19(16-23(27)28)24(29)25-20-8-12-22(13-9-20)32(30,31)26-14-4-2-3-5-15-26/h6-13,19H,2-5,14-17H2,1H3,(H,25,29)/t19-/m1/s1. The first-order valence-corrected chi connectivity index (χ1v) is 12.6. The van der Waals surface area contributed by atoms with Gasteiger partial charge in [0.2, 0.25) is 21.8 Å². The van der Waals surface area contributed by atoms with Crippen LogP contribution in [-0.4, -0.2) is 44.2 Å². The molecule has 2 aromatic rings. The Morgan fingerprint density at radius 3 is 2.19 bits per heavy atom. The number of benzene rings is 2. The summed E-state index contributed by atoms with van der Waals surface area (Å²) >= 11 is 0. The highest BCUT2D eigenvalue weighted by molar-refractivity contribution is 7.89. The van der Waals surface area contributed by atoms with Crippen LogP contribution in [0.3, 0.4) is 0 Å². The molecule has 7 nitrogen and oxygen atoms in total. The number of anilines is 2. The van der Waals surface area contributed by atoms with E-state index in [1.54, 1.807) is 21.3 Å². The van der Waals surface area contributed by atoms with Crippen LogP contribution in [0.1, 0.15) is 37.7 Å². The average Bonchev–Trinajstić information content (AvgIpc) is 2.98. The molecule has 0 unspecified atom stereocenters. The van der Waals surface area contributed by atoms with E-state index >= 15 is 0 Å². The number of amides is 2. The van der Waals surface area contributed by atoms with E-state index in [9.17, 15) is 18.0 Å². The van der Waals surface area contributed by atoms with Gasteiger partial charge >= 0.3 is 0 Å². The van der Waals surface area contributed by atoms with Gasteiger partial charge in [0.05, 0.1) is 10.8 Å². The molecule has 4 rings (SSSR count). The lowest BCUT2D eigenvalue weighted by Gasteiger charge is -2.20. The van der Waals surface area contributed by atoms with E-state index < -0.39 is 15.9 Å². The van der Waals surface area contributed by atoms with E-state index in [-0.39, 0.29) is 23.1 Å². The molecule has 2 aliphatic heterocycles. The molecule has 2 amide bonds. The summed E-state index contributed by atoms with van der Waals surface area (Å²) < 4.78 is 27.4. The molecule has 2 aliphatic rings. The van der Waals surface area contributed by atoms with E-state index in [2.05, 4.69) is 5.32 Å². The molecule has 0 aliphatic carbocycles. The van der Waals surface area contributed by atoms with Crippen molar-refractivity contribution in [3.8, 4) is 0 Å². The largest absolute Gasteiger partial charge is 0.326 e. The third kappa shape index (κ3) is 4.86. The molecule has 2 aromatic carbocycles. The second-order valence-corrected chi connectivity index (χ2v) is 10.5. The lowest BCUT2D eigenvalue weighted by atomic mass is 10.1. The smallest absolute Gasteiger partial charge is 0.243 e. The minimum atomic E-state index is -3.53. The van der Waals surface area contributed by atoms with Gasteiger partial charge in [-0.2, -0.15) is 4.31 Å². The predicted octanol–water partition coefficient (Wildman–Crippen LogP) is 3.55. The molecule has 0 bridgehead atoms. The van der Waals surface area contributed by atoms with E-state index in [4.69, 9.17) is 0 Å². The Balaban J connectivity index is 1.39. The maximum absolute atomic E-state index is 12.9. The van der Waals surface area contributed by atoms with Gasteiger partial charge < -0.3 is 10.2 Å². The summed E-state index contributed by atoms with van der Waals surface area (Å²) in [5, 5.41) is 2.83. The zero-order chi connectivity index (χ0) is 22.7. The summed E-state index contributed by atoms with van der Waals surface area (Å²) in [6, 6.07) is 13.9. The third-order valence-electron chi connectivity index (χ3n) is 6.17. The molecule has 1 N–H and O–H groups in total. The molecule has 170 valence electrons. The van der Waals surface area contributed by atoms with Crippen LogP contribution in [-0.2, 0) is 19.6 Å². The van der Waals surface area contributed by atoms with Crippen LogP contribution in [0.4, 0.5) is 11.4 Å². The average molecular weight is 456 g/mol. The summed E-state index contributed by atoms with van der Waals surface area (Å²) in [5.41, 5.74) is 2.42. The van der Waals surface area contributed by atoms with Crippen LogP contribution in [0, 0.1) is 12.8 Å². The number of carbonyl (C=O) groups is 2. The molecule has 0 radical (unpaired) electrons. The topological polar surface area (TPSA) is 86.8 Å². The Bertz CT molecular complexity index is 1070. The molecule has 8 heteroatoms. The Kier molecular flexibility index (Phi) is 6.62. The van der Waals surface area contributed by atoms with Crippen LogP contribution in [0.15, 0.2) is 53.4 Å². The number of aryl methyl sites for hydroxylation is 1. The summed E-state index contributed by atoms with van der Waals surface area (Å²) in [7, 11) is -3.53. The van der Waals surface area contributed by atoms with Crippen molar-refractivity contribution < 1.29 is 18.0 Å². The quantitative estimate of drug-likeness (QED) is 0.747. The van der Waals surface area contributed by atoms with Crippen molar-refractivity contribution in [1.82, 2.24) is 4.31 Å². The highest BCUT2D eigenvalue weighted by Gasteiger charge is 2.35. The number of hydrogen-bond acceptors (Lipinski definition) is 4. The van der Waals surface area contributed by atoms with E-state index in [1.807, 2.05) is 31.2 Å². The van der Waals surface area contributed by atoms with Crippen LogP contribution in [0.5, 0.6) is 0 Å². The third-order valence-corrected chi connectivity index (χ3v) is 8.08. The van der Waals surface area contributed by atoms with Crippen LogP contribution in [0.25, 0.3) is 0 Å². The lowest BCUT2D eigenvalue weighted by Crippen LogP contribution is -2.32. The van der Waals surface area contributed by atoms with Gasteiger partial charge in [-0.15, -0.1) is 0 Å². The van der Waals surface area contributed by atoms with Gasteiger partial charge in [0.1, 0.15) is 0 Å². The van der Waals surface area contributed by atoms with Gasteiger partial charge in [-0.3, -0.25) is 9.59 Å². The fourth-order valence-electron chi connectivity index (χ4n) is 4.24. The highest BCUT2D eigenvalue weighted by Crippen LogP contribution is 2.27. The van der Waals surface area contributed by atoms with Crippen molar-refractivity contribution in [2.24, 2.45) is 5.92 Å². The number of nitrogens with one attached hydrogen (secondary N) is 1. The number of nitrogens with zero attached hydrogens (tertiary/aromatic N) is 2. The molecule has 0 spiro atoms. The predicted molar refractivity (Wildman–Crippen MR) is 124 cm³/mol. The fraction of sp³-hybridized carbons (Fsp3) is 0.417. The Morgan fingerprint density at radius 2 is 1.56 bits per heavy atom. The normalized spacial score (nSPS) is 20.2. The second kappa shape index (κ2) is 9.42. The Morgan fingerprint density at radius 1 is 0.938 bits per heavy atom. The van der Waals surface area contributed by atoms with Gasteiger partial charge in [-0.05, 0) is 56.2 Å². The van der Waals surface area contributed by atoms with Crippen molar-refractivity contribution in [1.29, 1.82) is 0 Å². The van der Waals surface area contributed by atoms with Crippen molar-refractivity contribution in [2.75, 3.05) is 29.9 Å². The summed E-state index contributed by atoms with van der Waals surface area (Å²) in [6.45, 7) is 3.41. The summed E-state index contributed by atoms with van der Waals surface area (Å²) in [5.74, 6) is -0.770.